The molecule has 0 spiro atoms. The summed E-state index contributed by atoms with van der Waals surface area (Å²) in [6.07, 6.45) is 0. The minimum atomic E-state index is -1.12. The number of esters is 1. The van der Waals surface area contributed by atoms with Crippen LogP contribution in [0.5, 0.6) is 34.5 Å². The Kier molecular flexibility index (Phi) is 5.52. The lowest BCUT2D eigenvalue weighted by atomic mass is 9.73. The number of ketones is 2. The predicted molar refractivity (Wildman–Crippen MR) is 129 cm³/mol. The Morgan fingerprint density at radius 3 is 1.84 bits per heavy atom. The van der Waals surface area contributed by atoms with Crippen molar-refractivity contribution in [3.63, 3.8) is 0 Å². The van der Waals surface area contributed by atoms with Crippen LogP contribution in [0.25, 0.3) is 0 Å². The molecule has 0 heterocycles. The summed E-state index contributed by atoms with van der Waals surface area (Å²) in [5.41, 5.74) is 0.112. The zero-order chi connectivity index (χ0) is 26.4. The third kappa shape index (κ3) is 3.88. The molecule has 184 valence electrons. The molecule has 9 nitrogen and oxygen atoms in total. The normalized spacial score (nSPS) is 13.9. The van der Waals surface area contributed by atoms with Gasteiger partial charge < -0.3 is 30.3 Å². The van der Waals surface area contributed by atoms with Crippen LogP contribution in [0.4, 0.5) is 0 Å². The number of rotatable bonds is 4. The summed E-state index contributed by atoms with van der Waals surface area (Å²) >= 11 is 0. The van der Waals surface area contributed by atoms with Crippen LogP contribution in [0.2, 0.25) is 0 Å². The van der Waals surface area contributed by atoms with E-state index < -0.39 is 46.5 Å². The highest BCUT2D eigenvalue weighted by molar-refractivity contribution is 6.19. The summed E-state index contributed by atoms with van der Waals surface area (Å²) in [6, 6.07) is 15.6. The van der Waals surface area contributed by atoms with E-state index in [1.54, 1.807) is 0 Å². The smallest absolute Gasteiger partial charge is 0.343 e. The molecule has 0 bridgehead atoms. The zero-order valence-corrected chi connectivity index (χ0v) is 18.9. The summed E-state index contributed by atoms with van der Waals surface area (Å²) < 4.78 is 5.47. The molecule has 4 aromatic carbocycles. The standard InChI is InChI=1S/C28H18O9/c29-17-9-7-13(11-20(17)32)26(34)23-15-3-1-5-19(31)24(15)27(35)25-16(23)4-2-6-22(25)37-28(36)14-8-10-18(30)21(33)12-14/h1-12,23,29-33H. The number of carbonyl (C=O) groups is 3. The summed E-state index contributed by atoms with van der Waals surface area (Å²) in [5.74, 6) is -5.71. The number of hydrogen-bond acceptors (Lipinski definition) is 9. The van der Waals surface area contributed by atoms with Crippen LogP contribution in [-0.2, 0) is 0 Å². The van der Waals surface area contributed by atoms with Gasteiger partial charge in [-0.2, -0.15) is 0 Å². The van der Waals surface area contributed by atoms with Crippen molar-refractivity contribution in [2.75, 3.05) is 0 Å². The average Bonchev–Trinajstić information content (AvgIpc) is 2.87. The van der Waals surface area contributed by atoms with Gasteiger partial charge in [0.05, 0.1) is 22.6 Å². The molecule has 1 atom stereocenters. The molecule has 4 aromatic rings. The van der Waals surface area contributed by atoms with Gasteiger partial charge in [0, 0.05) is 5.56 Å². The first-order valence-corrected chi connectivity index (χ1v) is 11.0. The fraction of sp³-hybridized carbons (Fsp3) is 0.0357. The lowest BCUT2D eigenvalue weighted by molar-refractivity contribution is 0.0732. The van der Waals surface area contributed by atoms with Crippen molar-refractivity contribution in [1.29, 1.82) is 0 Å². The molecule has 37 heavy (non-hydrogen) atoms. The van der Waals surface area contributed by atoms with Crippen molar-refractivity contribution >= 4 is 17.5 Å². The van der Waals surface area contributed by atoms with Crippen LogP contribution in [0.3, 0.4) is 0 Å². The van der Waals surface area contributed by atoms with Gasteiger partial charge in [-0.25, -0.2) is 4.79 Å². The van der Waals surface area contributed by atoms with E-state index in [2.05, 4.69) is 0 Å². The number of phenols is 5. The molecule has 1 unspecified atom stereocenters. The number of fused-ring (bicyclic) bond motifs is 2. The molecule has 0 saturated heterocycles. The van der Waals surface area contributed by atoms with Gasteiger partial charge in [-0.15, -0.1) is 0 Å². The van der Waals surface area contributed by atoms with Crippen molar-refractivity contribution in [3.05, 3.63) is 106 Å². The van der Waals surface area contributed by atoms with Crippen LogP contribution in [0.1, 0.15) is 53.7 Å². The lowest BCUT2D eigenvalue weighted by Gasteiger charge is -2.28. The lowest BCUT2D eigenvalue weighted by Crippen LogP contribution is -2.26. The van der Waals surface area contributed by atoms with Gasteiger partial charge in [0.2, 0.25) is 5.78 Å². The average molecular weight is 498 g/mol. The third-order valence-electron chi connectivity index (χ3n) is 6.15. The molecule has 0 radical (unpaired) electrons. The molecule has 5 N–H and O–H groups in total. The summed E-state index contributed by atoms with van der Waals surface area (Å²) in [7, 11) is 0. The van der Waals surface area contributed by atoms with E-state index in [9.17, 15) is 39.9 Å². The van der Waals surface area contributed by atoms with Gasteiger partial charge in [-0.3, -0.25) is 9.59 Å². The van der Waals surface area contributed by atoms with E-state index in [-0.39, 0.29) is 44.9 Å². The molecule has 0 fully saturated rings. The third-order valence-corrected chi connectivity index (χ3v) is 6.15. The molecule has 1 aliphatic carbocycles. The maximum atomic E-state index is 13.7. The van der Waals surface area contributed by atoms with Crippen molar-refractivity contribution < 1.29 is 44.7 Å². The summed E-state index contributed by atoms with van der Waals surface area (Å²) in [6.45, 7) is 0. The van der Waals surface area contributed by atoms with Crippen LogP contribution < -0.4 is 4.74 Å². The number of Topliss-reactive ketones (excluding diaryl/α,β-unsaturated/α-hetero) is 1. The Balaban J connectivity index is 1.65. The van der Waals surface area contributed by atoms with Crippen molar-refractivity contribution in [1.82, 2.24) is 0 Å². The topological polar surface area (TPSA) is 162 Å². The van der Waals surface area contributed by atoms with Gasteiger partial charge in [0.1, 0.15) is 11.5 Å². The fourth-order valence-corrected chi connectivity index (χ4v) is 4.39. The number of phenolic OH excluding ortho intramolecular Hbond substituents is 5. The largest absolute Gasteiger partial charge is 0.507 e. The Morgan fingerprint density at radius 1 is 0.622 bits per heavy atom. The molecular weight excluding hydrogens is 480 g/mol. The minimum Gasteiger partial charge on any atom is -0.507 e. The van der Waals surface area contributed by atoms with E-state index >= 15 is 0 Å². The number of aromatic hydroxyl groups is 5. The van der Waals surface area contributed by atoms with E-state index in [4.69, 9.17) is 4.74 Å². The van der Waals surface area contributed by atoms with Crippen LogP contribution in [-0.4, -0.2) is 43.1 Å². The Labute approximate surface area is 209 Å². The highest BCUT2D eigenvalue weighted by atomic mass is 16.5. The first-order valence-electron chi connectivity index (χ1n) is 11.0. The maximum absolute atomic E-state index is 13.7. The molecule has 0 saturated carbocycles. The van der Waals surface area contributed by atoms with E-state index in [1.807, 2.05) is 0 Å². The second-order valence-electron chi connectivity index (χ2n) is 8.38. The fourth-order valence-electron chi connectivity index (χ4n) is 4.39. The van der Waals surface area contributed by atoms with Gasteiger partial charge in [-0.1, -0.05) is 24.3 Å². The highest BCUT2D eigenvalue weighted by Crippen LogP contribution is 2.45. The van der Waals surface area contributed by atoms with Crippen LogP contribution in [0, 0.1) is 0 Å². The molecule has 0 amide bonds. The van der Waals surface area contributed by atoms with E-state index in [0.717, 1.165) is 24.3 Å². The molecule has 9 heteroatoms. The van der Waals surface area contributed by atoms with Gasteiger partial charge >= 0.3 is 5.97 Å². The second-order valence-corrected chi connectivity index (χ2v) is 8.38. The van der Waals surface area contributed by atoms with Crippen molar-refractivity contribution in [3.8, 4) is 34.5 Å². The first kappa shape index (κ1) is 23.4. The predicted octanol–water partition coefficient (Wildman–Crippen LogP) is 3.99. The Bertz CT molecular complexity index is 1620. The van der Waals surface area contributed by atoms with Gasteiger partial charge in [-0.05, 0) is 59.7 Å². The SMILES string of the molecule is O=C(Oc1cccc2c1C(=O)c1c(O)cccc1C2C(=O)c1ccc(O)c(O)c1)c1ccc(O)c(O)c1. The molecule has 0 aliphatic heterocycles. The second kappa shape index (κ2) is 8.72. The van der Waals surface area contributed by atoms with Crippen molar-refractivity contribution in [2.24, 2.45) is 0 Å². The van der Waals surface area contributed by atoms with Gasteiger partial charge in [0.15, 0.2) is 28.8 Å². The zero-order valence-electron chi connectivity index (χ0n) is 18.9. The van der Waals surface area contributed by atoms with Crippen LogP contribution >= 0.6 is 0 Å². The number of ether oxygens (including phenoxy) is 1. The first-order chi connectivity index (χ1) is 17.7. The number of hydrogen-bond donors (Lipinski definition) is 5. The Hall–Kier alpha value is -5.31. The summed E-state index contributed by atoms with van der Waals surface area (Å²) in [5, 5.41) is 49.3. The molecule has 0 aromatic heterocycles. The maximum Gasteiger partial charge on any atom is 0.343 e. The van der Waals surface area contributed by atoms with E-state index in [1.165, 1.54) is 48.5 Å². The quantitative estimate of drug-likeness (QED) is 0.121. The monoisotopic (exact) mass is 498 g/mol. The Morgan fingerprint density at radius 2 is 1.19 bits per heavy atom. The van der Waals surface area contributed by atoms with Crippen molar-refractivity contribution in [2.45, 2.75) is 5.92 Å². The highest BCUT2D eigenvalue weighted by Gasteiger charge is 2.39. The van der Waals surface area contributed by atoms with Gasteiger partial charge in [0.25, 0.3) is 0 Å². The minimum absolute atomic E-state index is 0.0388. The number of benzene rings is 4. The number of carbonyl (C=O) groups excluding carboxylic acids is 3. The molecule has 1 aliphatic rings. The molecular formula is C28H18O9. The summed E-state index contributed by atoms with van der Waals surface area (Å²) in [4.78, 5) is 40.0. The van der Waals surface area contributed by atoms with E-state index in [0.29, 0.717) is 0 Å². The van der Waals surface area contributed by atoms with Crippen LogP contribution in [0.15, 0.2) is 72.8 Å². The molecule has 5 rings (SSSR count).